The maximum absolute atomic E-state index is 12.1. The van der Waals surface area contributed by atoms with Gasteiger partial charge in [-0.05, 0) is 11.8 Å². The fraction of sp³-hybridized carbons (Fsp3) is 1.00. The third kappa shape index (κ3) is 3.00. The van der Waals surface area contributed by atoms with E-state index in [0.717, 1.165) is 18.2 Å². The van der Waals surface area contributed by atoms with E-state index in [1.165, 1.54) is 12.8 Å². The Morgan fingerprint density at radius 3 is 2.25 bits per heavy atom. The Labute approximate surface area is 80.9 Å². The number of halogens is 3. The maximum atomic E-state index is 12.1. The second-order valence-electron chi connectivity index (χ2n) is 3.59. The monoisotopic (exact) mass is 240 g/mol. The van der Waals surface area contributed by atoms with E-state index in [4.69, 9.17) is 0 Å². The molecule has 1 unspecified atom stereocenters. The lowest BCUT2D eigenvalue weighted by Gasteiger charge is -2.20. The zero-order valence-corrected chi connectivity index (χ0v) is 8.69. The Balaban J connectivity index is 2.32. The van der Waals surface area contributed by atoms with Crippen molar-refractivity contribution in [2.75, 3.05) is 5.33 Å². The minimum Gasteiger partial charge on any atom is -0.211 e. The zero-order valence-electron chi connectivity index (χ0n) is 7.11. The molecule has 1 saturated carbocycles. The van der Waals surface area contributed by atoms with E-state index in [2.05, 4.69) is 15.9 Å². The molecule has 1 aliphatic carbocycles. The molecule has 0 bridgehead atoms. The minimum absolute atomic E-state index is 0.0793. The topological polar surface area (TPSA) is 0 Å². The highest BCUT2D eigenvalue weighted by molar-refractivity contribution is 9.09. The molecule has 0 N–H and O–H groups in total. The third-order valence-corrected chi connectivity index (χ3v) is 3.58. The summed E-state index contributed by atoms with van der Waals surface area (Å²) in [5.74, 6) is 0.755. The third-order valence-electron chi connectivity index (χ3n) is 2.75. The highest BCUT2D eigenvalue weighted by atomic mass is 79.9. The summed E-state index contributed by atoms with van der Waals surface area (Å²) in [4.78, 5) is 0. The van der Waals surface area contributed by atoms with Gasteiger partial charge in [0.25, 0.3) is 0 Å². The molecule has 0 aromatic carbocycles. The van der Waals surface area contributed by atoms with Crippen molar-refractivity contribution >= 4 is 15.9 Å². The van der Waals surface area contributed by atoms with Gasteiger partial charge in [0.15, 0.2) is 0 Å². The molecule has 3 heteroatoms. The second-order valence-corrected chi connectivity index (χ2v) is 4.23. The first-order chi connectivity index (χ1) is 5.74. The highest BCUT2D eigenvalue weighted by Gasteiger charge is 2.26. The molecule has 0 heterocycles. The van der Waals surface area contributed by atoms with E-state index < -0.39 is 6.43 Å². The van der Waals surface area contributed by atoms with Crippen molar-refractivity contribution in [3.63, 3.8) is 0 Å². The van der Waals surface area contributed by atoms with Gasteiger partial charge >= 0.3 is 0 Å². The molecule has 1 aliphatic rings. The molecule has 0 aromatic rings. The molecular weight excluding hydrogens is 226 g/mol. The summed E-state index contributed by atoms with van der Waals surface area (Å²) in [6.07, 6.45) is 2.73. The summed E-state index contributed by atoms with van der Waals surface area (Å²) < 4.78 is 24.2. The predicted molar refractivity (Wildman–Crippen MR) is 49.9 cm³/mol. The van der Waals surface area contributed by atoms with Crippen LogP contribution in [0.25, 0.3) is 0 Å². The highest BCUT2D eigenvalue weighted by Crippen LogP contribution is 2.35. The van der Waals surface area contributed by atoms with Crippen LogP contribution in [0.1, 0.15) is 32.1 Å². The van der Waals surface area contributed by atoms with Crippen molar-refractivity contribution in [3.8, 4) is 0 Å². The van der Waals surface area contributed by atoms with E-state index in [1.807, 2.05) is 0 Å². The number of hydrogen-bond donors (Lipinski definition) is 0. The van der Waals surface area contributed by atoms with E-state index in [-0.39, 0.29) is 12.3 Å². The molecule has 1 atom stereocenters. The van der Waals surface area contributed by atoms with Crippen LogP contribution in [-0.4, -0.2) is 11.8 Å². The molecule has 0 radical (unpaired) electrons. The number of rotatable bonds is 4. The normalized spacial score (nSPS) is 22.0. The first-order valence-corrected chi connectivity index (χ1v) is 5.70. The van der Waals surface area contributed by atoms with Crippen molar-refractivity contribution in [2.45, 2.75) is 38.5 Å². The van der Waals surface area contributed by atoms with Crippen LogP contribution in [0.5, 0.6) is 0 Å². The van der Waals surface area contributed by atoms with Crippen LogP contribution in [0.3, 0.4) is 0 Å². The van der Waals surface area contributed by atoms with E-state index in [9.17, 15) is 8.78 Å². The van der Waals surface area contributed by atoms with Crippen LogP contribution in [0.2, 0.25) is 0 Å². The zero-order chi connectivity index (χ0) is 8.97. The van der Waals surface area contributed by atoms with Gasteiger partial charge in [-0.1, -0.05) is 41.6 Å². The SMILES string of the molecule is FC(F)CC(CBr)C1CCCC1. The average molecular weight is 241 g/mol. The number of hydrogen-bond acceptors (Lipinski definition) is 0. The van der Waals surface area contributed by atoms with Gasteiger partial charge in [-0.25, -0.2) is 8.78 Å². The summed E-state index contributed by atoms with van der Waals surface area (Å²) in [6.45, 7) is 0. The predicted octanol–water partition coefficient (Wildman–Crippen LogP) is 3.84. The Morgan fingerprint density at radius 2 is 1.83 bits per heavy atom. The van der Waals surface area contributed by atoms with Crippen molar-refractivity contribution in [1.29, 1.82) is 0 Å². The Bertz CT molecular complexity index is 122. The Morgan fingerprint density at radius 1 is 1.25 bits per heavy atom. The lowest BCUT2D eigenvalue weighted by atomic mass is 9.90. The first-order valence-electron chi connectivity index (χ1n) is 4.58. The molecule has 0 saturated heterocycles. The molecule has 0 aliphatic heterocycles. The van der Waals surface area contributed by atoms with Gasteiger partial charge in [0.05, 0.1) is 0 Å². The van der Waals surface area contributed by atoms with E-state index in [0.29, 0.717) is 5.92 Å². The largest absolute Gasteiger partial charge is 0.238 e. The summed E-state index contributed by atoms with van der Waals surface area (Å²) in [5.41, 5.74) is 0. The van der Waals surface area contributed by atoms with Crippen LogP contribution in [0.15, 0.2) is 0 Å². The first kappa shape index (κ1) is 10.4. The lowest BCUT2D eigenvalue weighted by molar-refractivity contribution is 0.105. The fourth-order valence-corrected chi connectivity index (χ4v) is 2.83. The lowest BCUT2D eigenvalue weighted by Crippen LogP contribution is -2.16. The molecular formula is C9H15BrF2. The summed E-state index contributed by atoms with van der Waals surface area (Å²) in [7, 11) is 0. The molecule has 0 nitrogen and oxygen atoms in total. The van der Waals surface area contributed by atoms with Gasteiger partial charge in [-0.2, -0.15) is 0 Å². The molecule has 0 aromatic heterocycles. The van der Waals surface area contributed by atoms with Crippen LogP contribution < -0.4 is 0 Å². The van der Waals surface area contributed by atoms with Gasteiger partial charge in [0, 0.05) is 11.8 Å². The van der Waals surface area contributed by atoms with Gasteiger partial charge in [0.2, 0.25) is 6.43 Å². The van der Waals surface area contributed by atoms with Crippen LogP contribution in [-0.2, 0) is 0 Å². The molecule has 1 rings (SSSR count). The van der Waals surface area contributed by atoms with Crippen LogP contribution in [0.4, 0.5) is 8.78 Å². The van der Waals surface area contributed by atoms with Crippen molar-refractivity contribution in [1.82, 2.24) is 0 Å². The average Bonchev–Trinajstić information content (AvgIpc) is 2.51. The van der Waals surface area contributed by atoms with Gasteiger partial charge in [-0.3, -0.25) is 0 Å². The fourth-order valence-electron chi connectivity index (χ4n) is 2.04. The standard InChI is InChI=1S/C9H15BrF2/c10-6-8(5-9(11)12)7-3-1-2-4-7/h7-9H,1-6H2. The van der Waals surface area contributed by atoms with Crippen LogP contribution in [0, 0.1) is 11.8 Å². The van der Waals surface area contributed by atoms with Gasteiger partial charge < -0.3 is 0 Å². The van der Waals surface area contributed by atoms with Gasteiger partial charge in [0.1, 0.15) is 0 Å². The molecule has 1 fully saturated rings. The van der Waals surface area contributed by atoms with E-state index >= 15 is 0 Å². The van der Waals surface area contributed by atoms with Crippen molar-refractivity contribution < 1.29 is 8.78 Å². The maximum Gasteiger partial charge on any atom is 0.238 e. The second kappa shape index (κ2) is 5.15. The quantitative estimate of drug-likeness (QED) is 0.656. The smallest absolute Gasteiger partial charge is 0.211 e. The summed E-state index contributed by atoms with van der Waals surface area (Å²) >= 11 is 3.32. The van der Waals surface area contributed by atoms with Crippen molar-refractivity contribution in [3.05, 3.63) is 0 Å². The molecule has 72 valence electrons. The Hall–Kier alpha value is 0.340. The molecule has 12 heavy (non-hydrogen) atoms. The number of alkyl halides is 3. The summed E-state index contributed by atoms with van der Waals surface area (Å²) in [5, 5.41) is 0.738. The molecule has 0 spiro atoms. The van der Waals surface area contributed by atoms with Crippen LogP contribution >= 0.6 is 15.9 Å². The Kier molecular flexibility index (Phi) is 4.47. The van der Waals surface area contributed by atoms with Gasteiger partial charge in [-0.15, -0.1) is 0 Å². The minimum atomic E-state index is -2.13. The van der Waals surface area contributed by atoms with Crippen molar-refractivity contribution in [2.24, 2.45) is 11.8 Å². The summed E-state index contributed by atoms with van der Waals surface area (Å²) in [6, 6.07) is 0. The van der Waals surface area contributed by atoms with E-state index in [1.54, 1.807) is 0 Å². The molecule has 0 amide bonds.